The fourth-order valence-corrected chi connectivity index (χ4v) is 3.19. The van der Waals surface area contributed by atoms with Crippen LogP contribution in [0.1, 0.15) is 16.0 Å². The molecule has 0 bridgehead atoms. The summed E-state index contributed by atoms with van der Waals surface area (Å²) in [7, 11) is 0. The molecule has 0 aliphatic rings. The molecule has 0 saturated carbocycles. The third-order valence-electron chi connectivity index (χ3n) is 2.40. The molecule has 0 saturated heterocycles. The summed E-state index contributed by atoms with van der Waals surface area (Å²) in [6, 6.07) is 10.5. The minimum atomic E-state index is 0.575. The summed E-state index contributed by atoms with van der Waals surface area (Å²) in [4.78, 5) is 1.34. The fourth-order valence-electron chi connectivity index (χ4n) is 1.60. The highest BCUT2D eigenvalue weighted by atomic mass is 79.9. The highest BCUT2D eigenvalue weighted by Crippen LogP contribution is 2.19. The summed E-state index contributed by atoms with van der Waals surface area (Å²) in [5.74, 6) is 0.575. The molecule has 2 aromatic rings. The number of benzene rings is 1. The molecule has 1 aromatic carbocycles. The molecule has 17 heavy (non-hydrogen) atoms. The van der Waals surface area contributed by atoms with E-state index in [0.29, 0.717) is 5.88 Å². The van der Waals surface area contributed by atoms with E-state index in [-0.39, 0.29) is 0 Å². The molecule has 0 atom stereocenters. The smallest absolute Gasteiger partial charge is 0.0474 e. The molecule has 4 heteroatoms. The van der Waals surface area contributed by atoms with Crippen molar-refractivity contribution in [2.45, 2.75) is 19.0 Å². The van der Waals surface area contributed by atoms with Crippen molar-refractivity contribution in [3.8, 4) is 0 Å². The second-order valence-corrected chi connectivity index (χ2v) is 5.97. The van der Waals surface area contributed by atoms with Crippen LogP contribution in [0, 0.1) is 0 Å². The Morgan fingerprint density at radius 3 is 2.71 bits per heavy atom. The van der Waals surface area contributed by atoms with E-state index in [2.05, 4.69) is 50.9 Å². The van der Waals surface area contributed by atoms with Crippen LogP contribution in [0.25, 0.3) is 0 Å². The number of hydrogen-bond donors (Lipinski definition) is 1. The van der Waals surface area contributed by atoms with Gasteiger partial charge in [0.05, 0.1) is 0 Å². The molecule has 0 aliphatic heterocycles. The van der Waals surface area contributed by atoms with Gasteiger partial charge in [0.25, 0.3) is 0 Å². The molecule has 1 nitrogen and oxygen atoms in total. The molecule has 1 heterocycles. The molecule has 2 rings (SSSR count). The first kappa shape index (κ1) is 13.1. The summed E-state index contributed by atoms with van der Waals surface area (Å²) >= 11 is 11.0. The Morgan fingerprint density at radius 1 is 1.18 bits per heavy atom. The zero-order valence-electron chi connectivity index (χ0n) is 9.25. The SMILES string of the molecule is ClCc1cccc(CNCc2cc(Br)cs2)c1. The maximum absolute atomic E-state index is 5.81. The number of rotatable bonds is 5. The van der Waals surface area contributed by atoms with Gasteiger partial charge in [0.1, 0.15) is 0 Å². The van der Waals surface area contributed by atoms with Crippen LogP contribution in [0.5, 0.6) is 0 Å². The Morgan fingerprint density at radius 2 is 2.00 bits per heavy atom. The lowest BCUT2D eigenvalue weighted by Gasteiger charge is -2.04. The van der Waals surface area contributed by atoms with Crippen LogP contribution in [0.15, 0.2) is 40.2 Å². The van der Waals surface area contributed by atoms with Crippen LogP contribution in [-0.4, -0.2) is 0 Å². The van der Waals surface area contributed by atoms with Crippen molar-refractivity contribution in [2.24, 2.45) is 0 Å². The quantitative estimate of drug-likeness (QED) is 0.794. The van der Waals surface area contributed by atoms with Crippen LogP contribution in [0.3, 0.4) is 0 Å². The lowest BCUT2D eigenvalue weighted by Crippen LogP contribution is -2.11. The van der Waals surface area contributed by atoms with Crippen molar-refractivity contribution >= 4 is 38.9 Å². The van der Waals surface area contributed by atoms with Crippen molar-refractivity contribution < 1.29 is 0 Å². The van der Waals surface area contributed by atoms with Gasteiger partial charge in [-0.2, -0.15) is 0 Å². The summed E-state index contributed by atoms with van der Waals surface area (Å²) in [5.41, 5.74) is 2.45. The molecular formula is C13H13BrClNS. The predicted molar refractivity (Wildman–Crippen MR) is 78.6 cm³/mol. The van der Waals surface area contributed by atoms with Crippen molar-refractivity contribution in [1.29, 1.82) is 0 Å². The molecule has 90 valence electrons. The normalized spacial score (nSPS) is 10.7. The second-order valence-electron chi connectivity index (χ2n) is 3.79. The highest BCUT2D eigenvalue weighted by Gasteiger charge is 1.98. The van der Waals surface area contributed by atoms with E-state index in [1.807, 2.05) is 6.07 Å². The van der Waals surface area contributed by atoms with E-state index in [4.69, 9.17) is 11.6 Å². The van der Waals surface area contributed by atoms with Gasteiger partial charge in [-0.3, -0.25) is 0 Å². The second kappa shape index (κ2) is 6.55. The summed E-state index contributed by atoms with van der Waals surface area (Å²) in [6.45, 7) is 1.78. The van der Waals surface area contributed by atoms with Crippen molar-refractivity contribution in [2.75, 3.05) is 0 Å². The van der Waals surface area contributed by atoms with Gasteiger partial charge < -0.3 is 5.32 Å². The third kappa shape index (κ3) is 4.11. The molecule has 0 radical (unpaired) electrons. The van der Waals surface area contributed by atoms with Crippen LogP contribution in [0.4, 0.5) is 0 Å². The van der Waals surface area contributed by atoms with Crippen molar-refractivity contribution in [3.63, 3.8) is 0 Å². The predicted octanol–water partition coefficient (Wildman–Crippen LogP) is 4.54. The van der Waals surface area contributed by atoms with Crippen LogP contribution >= 0.6 is 38.9 Å². The van der Waals surface area contributed by atoms with E-state index < -0.39 is 0 Å². The van der Waals surface area contributed by atoms with Gasteiger partial charge in [-0.15, -0.1) is 22.9 Å². The lowest BCUT2D eigenvalue weighted by molar-refractivity contribution is 0.700. The van der Waals surface area contributed by atoms with E-state index in [0.717, 1.165) is 17.6 Å². The standard InChI is InChI=1S/C13H13BrClNS/c14-12-5-13(17-9-12)8-16-7-11-3-1-2-10(4-11)6-15/h1-5,9,16H,6-8H2. The van der Waals surface area contributed by atoms with Gasteiger partial charge >= 0.3 is 0 Å². The monoisotopic (exact) mass is 329 g/mol. The highest BCUT2D eigenvalue weighted by molar-refractivity contribution is 9.10. The van der Waals surface area contributed by atoms with Gasteiger partial charge in [0.2, 0.25) is 0 Å². The van der Waals surface area contributed by atoms with E-state index in [9.17, 15) is 0 Å². The molecule has 0 amide bonds. The maximum Gasteiger partial charge on any atom is 0.0474 e. The topological polar surface area (TPSA) is 12.0 Å². The summed E-state index contributed by atoms with van der Waals surface area (Å²) < 4.78 is 1.16. The number of nitrogens with one attached hydrogen (secondary N) is 1. The largest absolute Gasteiger partial charge is 0.308 e. The maximum atomic E-state index is 5.81. The van der Waals surface area contributed by atoms with Gasteiger partial charge in [-0.1, -0.05) is 24.3 Å². The average molecular weight is 331 g/mol. The average Bonchev–Trinajstić information content (AvgIpc) is 2.75. The van der Waals surface area contributed by atoms with Crippen LogP contribution < -0.4 is 5.32 Å². The zero-order chi connectivity index (χ0) is 12.1. The molecule has 0 aliphatic carbocycles. The Labute approximate surface area is 119 Å². The first-order valence-corrected chi connectivity index (χ1v) is 7.56. The van der Waals surface area contributed by atoms with E-state index >= 15 is 0 Å². The summed E-state index contributed by atoms with van der Waals surface area (Å²) in [6.07, 6.45) is 0. The number of thiophene rings is 1. The molecule has 0 unspecified atom stereocenters. The molecule has 1 aromatic heterocycles. The molecular weight excluding hydrogens is 318 g/mol. The van der Waals surface area contributed by atoms with E-state index in [1.165, 1.54) is 16.0 Å². The number of hydrogen-bond acceptors (Lipinski definition) is 2. The van der Waals surface area contributed by atoms with Crippen LogP contribution in [-0.2, 0) is 19.0 Å². The Balaban J connectivity index is 1.85. The fraction of sp³-hybridized carbons (Fsp3) is 0.231. The van der Waals surface area contributed by atoms with Gasteiger partial charge in [0, 0.05) is 33.7 Å². The minimum Gasteiger partial charge on any atom is -0.308 e. The van der Waals surface area contributed by atoms with Crippen molar-refractivity contribution in [3.05, 3.63) is 56.2 Å². The zero-order valence-corrected chi connectivity index (χ0v) is 12.4. The third-order valence-corrected chi connectivity index (χ3v) is 4.40. The molecule has 1 N–H and O–H groups in total. The lowest BCUT2D eigenvalue weighted by atomic mass is 10.1. The van der Waals surface area contributed by atoms with Crippen molar-refractivity contribution in [1.82, 2.24) is 5.32 Å². The summed E-state index contributed by atoms with van der Waals surface area (Å²) in [5, 5.41) is 5.53. The minimum absolute atomic E-state index is 0.575. The molecule has 0 fully saturated rings. The van der Waals surface area contributed by atoms with E-state index in [1.54, 1.807) is 11.3 Å². The Hall–Kier alpha value is -0.350. The van der Waals surface area contributed by atoms with Gasteiger partial charge in [-0.05, 0) is 33.1 Å². The van der Waals surface area contributed by atoms with Gasteiger partial charge in [0.15, 0.2) is 0 Å². The first-order chi connectivity index (χ1) is 8.28. The van der Waals surface area contributed by atoms with Gasteiger partial charge in [-0.25, -0.2) is 0 Å². The Kier molecular flexibility index (Phi) is 5.04. The Bertz CT molecular complexity index is 484. The first-order valence-electron chi connectivity index (χ1n) is 5.35. The van der Waals surface area contributed by atoms with Crippen LogP contribution in [0.2, 0.25) is 0 Å². The molecule has 0 spiro atoms. The number of halogens is 2. The number of alkyl halides is 1.